The maximum atomic E-state index is 14.9. The summed E-state index contributed by atoms with van der Waals surface area (Å²) in [6, 6.07) is 4.22. The third-order valence-corrected chi connectivity index (χ3v) is 8.22. The van der Waals surface area contributed by atoms with E-state index in [1.54, 1.807) is 27.7 Å². The highest BCUT2D eigenvalue weighted by Gasteiger charge is 2.49. The van der Waals surface area contributed by atoms with E-state index < -0.39 is 49.0 Å². The molecule has 0 unspecified atom stereocenters. The van der Waals surface area contributed by atoms with Crippen molar-refractivity contribution in [2.45, 2.75) is 56.9 Å². The Labute approximate surface area is 203 Å². The molecule has 13 heteroatoms. The molecule has 0 aromatic heterocycles. The van der Waals surface area contributed by atoms with Crippen molar-refractivity contribution < 1.29 is 35.6 Å². The van der Waals surface area contributed by atoms with Crippen molar-refractivity contribution in [1.82, 2.24) is 5.32 Å². The molecule has 1 aliphatic heterocycles. The summed E-state index contributed by atoms with van der Waals surface area (Å²) in [5.74, 6) is -1.03. The van der Waals surface area contributed by atoms with Crippen LogP contribution in [0.3, 0.4) is 0 Å². The zero-order valence-corrected chi connectivity index (χ0v) is 22.3. The van der Waals surface area contributed by atoms with Gasteiger partial charge in [0.15, 0.2) is 0 Å². The van der Waals surface area contributed by atoms with Crippen molar-refractivity contribution in [3.63, 3.8) is 0 Å². The number of nitrogens with zero attached hydrogens (tertiary/aromatic N) is 1. The fourth-order valence-electron chi connectivity index (χ4n) is 3.61. The lowest BCUT2D eigenvalue weighted by molar-refractivity contribution is 0.0562. The summed E-state index contributed by atoms with van der Waals surface area (Å²) in [7, 11) is -7.11. The number of benzene rings is 1. The Kier molecular flexibility index (Phi) is 8.62. The number of nitrogens with one attached hydrogen (secondary N) is 1. The Bertz CT molecular complexity index is 1030. The van der Waals surface area contributed by atoms with Crippen LogP contribution in [-0.4, -0.2) is 58.9 Å². The molecule has 0 spiro atoms. The standard InChI is InChI=1S/C20H30BrFN2O7S2/c1-19(2,3)31-18(25)23-17-12-33(28,29)16(7-6-10-30-32(5,26)27)20(4,24-17)14-11-13(21)8-9-15(14)22/h8-9,11,16,28-29H,6-7,10,12H2,1-5H3,(H,23,24,25)/t16-,20-/m1/s1. The fourth-order valence-corrected chi connectivity index (χ4v) is 6.59. The number of ether oxygens (including phenoxy) is 1. The lowest BCUT2D eigenvalue weighted by Gasteiger charge is -2.51. The lowest BCUT2D eigenvalue weighted by atomic mass is 9.86. The van der Waals surface area contributed by atoms with E-state index in [0.717, 1.165) is 6.26 Å². The van der Waals surface area contributed by atoms with Gasteiger partial charge in [-0.25, -0.2) is 9.18 Å². The Balaban J connectivity index is 2.46. The molecular formula is C20H30BrFN2O7S2. The van der Waals surface area contributed by atoms with Crippen molar-refractivity contribution in [2.24, 2.45) is 4.99 Å². The van der Waals surface area contributed by atoms with Crippen LogP contribution in [-0.2, 0) is 24.6 Å². The largest absolute Gasteiger partial charge is 0.444 e. The van der Waals surface area contributed by atoms with Gasteiger partial charge >= 0.3 is 6.09 Å². The molecule has 0 fully saturated rings. The number of rotatable bonds is 6. The topological polar surface area (TPSA) is 135 Å². The Morgan fingerprint density at radius 1 is 1.39 bits per heavy atom. The van der Waals surface area contributed by atoms with E-state index in [9.17, 15) is 26.7 Å². The molecule has 188 valence electrons. The first-order chi connectivity index (χ1) is 14.9. The number of halogens is 2. The van der Waals surface area contributed by atoms with Gasteiger partial charge in [0.25, 0.3) is 10.1 Å². The summed E-state index contributed by atoms with van der Waals surface area (Å²) < 4.78 is 70.0. The van der Waals surface area contributed by atoms with Gasteiger partial charge in [-0.15, -0.1) is 0 Å². The first kappa shape index (κ1) is 28.0. The second-order valence-electron chi connectivity index (χ2n) is 8.98. The zero-order chi connectivity index (χ0) is 25.2. The van der Waals surface area contributed by atoms with Crippen LogP contribution in [0.1, 0.15) is 46.1 Å². The van der Waals surface area contributed by atoms with E-state index in [1.807, 2.05) is 0 Å². The van der Waals surface area contributed by atoms with Gasteiger partial charge in [-0.3, -0.25) is 23.6 Å². The summed E-state index contributed by atoms with van der Waals surface area (Å²) in [6.07, 6.45) is 0.335. The van der Waals surface area contributed by atoms with E-state index >= 15 is 0 Å². The van der Waals surface area contributed by atoms with Gasteiger partial charge in [0, 0.05) is 10.0 Å². The van der Waals surface area contributed by atoms with Crippen LogP contribution in [0.5, 0.6) is 0 Å². The van der Waals surface area contributed by atoms with Crippen molar-refractivity contribution in [3.8, 4) is 0 Å². The number of amidine groups is 1. The number of amides is 1. The van der Waals surface area contributed by atoms with Crippen LogP contribution in [0.25, 0.3) is 0 Å². The lowest BCUT2D eigenvalue weighted by Crippen LogP contribution is -2.50. The first-order valence-electron chi connectivity index (χ1n) is 10.1. The summed E-state index contributed by atoms with van der Waals surface area (Å²) >= 11 is 3.30. The van der Waals surface area contributed by atoms with Crippen molar-refractivity contribution in [1.29, 1.82) is 0 Å². The molecule has 1 aromatic rings. The van der Waals surface area contributed by atoms with Gasteiger partial charge in [0.2, 0.25) is 0 Å². The molecule has 1 aliphatic rings. The van der Waals surface area contributed by atoms with E-state index in [-0.39, 0.29) is 36.6 Å². The minimum absolute atomic E-state index is 0.0465. The Morgan fingerprint density at radius 3 is 2.61 bits per heavy atom. The van der Waals surface area contributed by atoms with E-state index in [0.29, 0.717) is 4.47 Å². The van der Waals surface area contributed by atoms with Crippen molar-refractivity contribution in [2.75, 3.05) is 18.6 Å². The minimum Gasteiger partial charge on any atom is -0.444 e. The predicted octanol–water partition coefficient (Wildman–Crippen LogP) is 4.62. The highest BCUT2D eigenvalue weighted by Crippen LogP contribution is 2.57. The maximum absolute atomic E-state index is 14.9. The highest BCUT2D eigenvalue weighted by molar-refractivity contribution is 9.10. The van der Waals surface area contributed by atoms with E-state index in [2.05, 4.69) is 26.2 Å². The fraction of sp³-hybridized carbons (Fsp3) is 0.600. The quantitative estimate of drug-likeness (QED) is 0.334. The Hall–Kier alpha value is -1.25. The highest BCUT2D eigenvalue weighted by atomic mass is 79.9. The molecule has 0 saturated carbocycles. The molecule has 33 heavy (non-hydrogen) atoms. The van der Waals surface area contributed by atoms with Crippen LogP contribution >= 0.6 is 26.5 Å². The molecule has 3 N–H and O–H groups in total. The molecule has 0 aliphatic carbocycles. The minimum atomic E-state index is -3.66. The second kappa shape index (κ2) is 10.2. The number of aliphatic imine (C=N–C) groups is 1. The van der Waals surface area contributed by atoms with Crippen LogP contribution < -0.4 is 5.32 Å². The summed E-state index contributed by atoms with van der Waals surface area (Å²) in [5, 5.41) is 1.48. The van der Waals surface area contributed by atoms with Crippen molar-refractivity contribution in [3.05, 3.63) is 34.1 Å². The van der Waals surface area contributed by atoms with Gasteiger partial charge < -0.3 is 4.74 Å². The molecule has 0 radical (unpaired) electrons. The number of carbonyl (C=O) groups excluding carboxylic acids is 1. The molecule has 0 bridgehead atoms. The van der Waals surface area contributed by atoms with Crippen LogP contribution in [0, 0.1) is 5.82 Å². The number of hydrogen-bond acceptors (Lipinski definition) is 8. The third kappa shape index (κ3) is 7.89. The molecule has 0 saturated heterocycles. The van der Waals surface area contributed by atoms with Gasteiger partial charge in [-0.2, -0.15) is 19.0 Å². The van der Waals surface area contributed by atoms with Gasteiger partial charge in [0.05, 0.1) is 23.9 Å². The number of carbonyl (C=O) groups is 1. The molecule has 1 amide bonds. The molecule has 1 aromatic carbocycles. The third-order valence-electron chi connectivity index (χ3n) is 4.83. The molecule has 2 atom stereocenters. The van der Waals surface area contributed by atoms with Crippen LogP contribution in [0.15, 0.2) is 27.7 Å². The second-order valence-corrected chi connectivity index (χ2v) is 13.8. The van der Waals surface area contributed by atoms with Crippen LogP contribution in [0.2, 0.25) is 0 Å². The van der Waals surface area contributed by atoms with Gasteiger partial charge in [-0.1, -0.05) is 15.9 Å². The summed E-state index contributed by atoms with van der Waals surface area (Å²) in [4.78, 5) is 16.8. The predicted molar refractivity (Wildman–Crippen MR) is 130 cm³/mol. The monoisotopic (exact) mass is 572 g/mol. The average Bonchev–Trinajstić information content (AvgIpc) is 2.59. The van der Waals surface area contributed by atoms with Gasteiger partial charge in [0.1, 0.15) is 22.8 Å². The summed E-state index contributed by atoms with van der Waals surface area (Å²) in [5.41, 5.74) is -2.18. The average molecular weight is 574 g/mol. The zero-order valence-electron chi connectivity index (χ0n) is 19.1. The maximum Gasteiger partial charge on any atom is 0.413 e. The van der Waals surface area contributed by atoms with E-state index in [1.165, 1.54) is 18.2 Å². The molecule has 9 nitrogen and oxygen atoms in total. The van der Waals surface area contributed by atoms with Crippen LogP contribution in [0.4, 0.5) is 9.18 Å². The molecule has 2 rings (SSSR count). The number of hydrogen-bond donors (Lipinski definition) is 3. The molecule has 1 heterocycles. The smallest absolute Gasteiger partial charge is 0.413 e. The normalized spacial score (nSPS) is 24.0. The SMILES string of the molecule is CC(C)(C)OC(=O)NC1=N[C@](C)(c2cc(Br)ccc2F)[C@@H](CCCOS(C)(=O)=O)S(O)(O)C1. The summed E-state index contributed by atoms with van der Waals surface area (Å²) in [6.45, 7) is 6.41. The molecular weight excluding hydrogens is 543 g/mol. The van der Waals surface area contributed by atoms with Gasteiger partial charge in [-0.05, 0) is 58.7 Å². The van der Waals surface area contributed by atoms with E-state index in [4.69, 9.17) is 8.92 Å². The number of alkyl carbamates (subject to hydrolysis) is 1. The Morgan fingerprint density at radius 2 is 2.03 bits per heavy atom. The van der Waals surface area contributed by atoms with Crippen molar-refractivity contribution >= 4 is 48.6 Å². The first-order valence-corrected chi connectivity index (χ1v) is 14.5.